The third kappa shape index (κ3) is 5.56. The summed E-state index contributed by atoms with van der Waals surface area (Å²) in [7, 11) is 0. The quantitative estimate of drug-likeness (QED) is 0.629. The highest BCUT2D eigenvalue weighted by molar-refractivity contribution is 9.10. The average Bonchev–Trinajstić information content (AvgIpc) is 3.00. The topological polar surface area (TPSA) is 78.5 Å². The number of carbonyl (C=O) groups is 3. The predicted octanol–water partition coefficient (Wildman–Crippen LogP) is 2.33. The lowest BCUT2D eigenvalue weighted by molar-refractivity contribution is -0.139. The summed E-state index contributed by atoms with van der Waals surface area (Å²) in [6.45, 7) is 5.49. The Kier molecular flexibility index (Phi) is 7.63. The molecule has 0 radical (unpaired) electrons. The normalized spacial score (nSPS) is 15.2. The molecule has 1 aromatic rings. The lowest BCUT2D eigenvalue weighted by Gasteiger charge is -2.29. The fourth-order valence-electron chi connectivity index (χ4n) is 3.11. The van der Waals surface area contributed by atoms with E-state index >= 15 is 0 Å². The van der Waals surface area contributed by atoms with Crippen LogP contribution in [0, 0.1) is 5.92 Å². The highest BCUT2D eigenvalue weighted by Gasteiger charge is 2.34. The van der Waals surface area contributed by atoms with Crippen LogP contribution >= 0.6 is 15.9 Å². The minimum atomic E-state index is -0.415. The van der Waals surface area contributed by atoms with Crippen LogP contribution in [0.5, 0.6) is 0 Å². The summed E-state index contributed by atoms with van der Waals surface area (Å²) in [5.74, 6) is -0.137. The van der Waals surface area contributed by atoms with Crippen molar-refractivity contribution in [3.63, 3.8) is 0 Å². The zero-order valence-electron chi connectivity index (χ0n) is 15.3. The summed E-state index contributed by atoms with van der Waals surface area (Å²) in [5, 5.41) is 5.73. The third-order valence-corrected chi connectivity index (χ3v) is 4.86. The third-order valence-electron chi connectivity index (χ3n) is 4.37. The van der Waals surface area contributed by atoms with Crippen LogP contribution < -0.4 is 10.6 Å². The van der Waals surface area contributed by atoms with Gasteiger partial charge in [-0.05, 0) is 37.0 Å². The van der Waals surface area contributed by atoms with Crippen molar-refractivity contribution in [1.29, 1.82) is 0 Å². The second kappa shape index (κ2) is 9.71. The highest BCUT2D eigenvalue weighted by atomic mass is 79.9. The number of rotatable bonds is 8. The van der Waals surface area contributed by atoms with E-state index in [0.717, 1.165) is 10.9 Å². The number of nitrogens with one attached hydrogen (secondary N) is 2. The van der Waals surface area contributed by atoms with Crippen molar-refractivity contribution in [2.45, 2.75) is 39.2 Å². The highest BCUT2D eigenvalue weighted by Crippen LogP contribution is 2.19. The standard InChI is InChI=1S/C19H26BrN3O3/c1-13(2)17(23-11-4-8-16(23)24)19(26)22-10-5-9-21-18(25)14-6-3-7-15(20)12-14/h3,6-7,12-13,17H,4-5,8-11H2,1-2H3,(H,21,25)(H,22,26). The van der Waals surface area contributed by atoms with Gasteiger partial charge >= 0.3 is 0 Å². The summed E-state index contributed by atoms with van der Waals surface area (Å²) in [6.07, 6.45) is 1.97. The molecule has 3 amide bonds. The van der Waals surface area contributed by atoms with Crippen LogP contribution in [0.3, 0.4) is 0 Å². The molecule has 26 heavy (non-hydrogen) atoms. The maximum atomic E-state index is 12.5. The monoisotopic (exact) mass is 423 g/mol. The molecule has 1 fully saturated rings. The van der Waals surface area contributed by atoms with Gasteiger partial charge in [-0.25, -0.2) is 0 Å². The first kappa shape index (κ1) is 20.4. The Bertz CT molecular complexity index is 663. The number of likely N-dealkylation sites (tertiary alicyclic amines) is 1. The lowest BCUT2D eigenvalue weighted by atomic mass is 10.0. The number of carbonyl (C=O) groups excluding carboxylic acids is 3. The Morgan fingerprint density at radius 2 is 1.96 bits per heavy atom. The number of benzene rings is 1. The molecular weight excluding hydrogens is 398 g/mol. The van der Waals surface area contributed by atoms with E-state index < -0.39 is 6.04 Å². The maximum Gasteiger partial charge on any atom is 0.251 e. The summed E-state index contributed by atoms with van der Waals surface area (Å²) in [5.41, 5.74) is 0.593. The minimum absolute atomic E-state index is 0.0557. The van der Waals surface area contributed by atoms with Gasteiger partial charge in [0.05, 0.1) is 0 Å². The zero-order valence-corrected chi connectivity index (χ0v) is 16.8. The summed E-state index contributed by atoms with van der Waals surface area (Å²) >= 11 is 3.34. The molecule has 0 bridgehead atoms. The van der Waals surface area contributed by atoms with E-state index in [4.69, 9.17) is 0 Å². The molecule has 0 saturated carbocycles. The number of hydrogen-bond acceptors (Lipinski definition) is 3. The molecule has 1 aliphatic heterocycles. The molecule has 1 heterocycles. The second-order valence-corrected chi connectivity index (χ2v) is 7.71. The molecule has 0 spiro atoms. The van der Waals surface area contributed by atoms with E-state index in [2.05, 4.69) is 26.6 Å². The van der Waals surface area contributed by atoms with E-state index in [-0.39, 0.29) is 23.6 Å². The zero-order chi connectivity index (χ0) is 19.1. The van der Waals surface area contributed by atoms with Gasteiger partial charge in [0.15, 0.2) is 0 Å². The van der Waals surface area contributed by atoms with Gasteiger partial charge < -0.3 is 15.5 Å². The molecule has 0 aliphatic carbocycles. The van der Waals surface area contributed by atoms with Crippen molar-refractivity contribution in [2.24, 2.45) is 5.92 Å². The molecule has 1 aromatic carbocycles. The van der Waals surface area contributed by atoms with Gasteiger partial charge in [-0.1, -0.05) is 35.8 Å². The van der Waals surface area contributed by atoms with Crippen molar-refractivity contribution in [3.05, 3.63) is 34.3 Å². The summed E-state index contributed by atoms with van der Waals surface area (Å²) in [4.78, 5) is 38.1. The molecule has 0 aromatic heterocycles. The first-order valence-electron chi connectivity index (χ1n) is 9.01. The Labute approximate surface area is 162 Å². The number of hydrogen-bond donors (Lipinski definition) is 2. The van der Waals surface area contributed by atoms with Gasteiger partial charge in [-0.3, -0.25) is 14.4 Å². The van der Waals surface area contributed by atoms with Gasteiger partial charge in [-0.2, -0.15) is 0 Å². The Balaban J connectivity index is 1.73. The van der Waals surface area contributed by atoms with Crippen LogP contribution in [0.2, 0.25) is 0 Å². The van der Waals surface area contributed by atoms with E-state index in [9.17, 15) is 14.4 Å². The van der Waals surface area contributed by atoms with Gasteiger partial charge in [0.2, 0.25) is 11.8 Å². The van der Waals surface area contributed by atoms with Gasteiger partial charge in [0.25, 0.3) is 5.91 Å². The molecule has 2 N–H and O–H groups in total. The predicted molar refractivity (Wildman–Crippen MR) is 104 cm³/mol. The van der Waals surface area contributed by atoms with Crippen molar-refractivity contribution in [1.82, 2.24) is 15.5 Å². The lowest BCUT2D eigenvalue weighted by Crippen LogP contribution is -2.50. The van der Waals surface area contributed by atoms with E-state index in [1.54, 1.807) is 17.0 Å². The number of nitrogens with zero attached hydrogens (tertiary/aromatic N) is 1. The fourth-order valence-corrected chi connectivity index (χ4v) is 3.50. The number of halogens is 1. The van der Waals surface area contributed by atoms with Crippen LogP contribution in [0.25, 0.3) is 0 Å². The van der Waals surface area contributed by atoms with Crippen LogP contribution in [-0.4, -0.2) is 48.3 Å². The molecule has 7 heteroatoms. The van der Waals surface area contributed by atoms with Crippen molar-refractivity contribution >= 4 is 33.7 Å². The maximum absolute atomic E-state index is 12.5. The fraction of sp³-hybridized carbons (Fsp3) is 0.526. The molecule has 1 unspecified atom stereocenters. The molecule has 2 rings (SSSR count). The van der Waals surface area contributed by atoms with E-state index in [1.165, 1.54) is 0 Å². The molecule has 6 nitrogen and oxygen atoms in total. The van der Waals surface area contributed by atoms with Crippen LogP contribution in [0.1, 0.15) is 43.5 Å². The SMILES string of the molecule is CC(C)C(C(=O)NCCCNC(=O)c1cccc(Br)c1)N1CCCC1=O. The molecule has 142 valence electrons. The molecule has 1 saturated heterocycles. The van der Waals surface area contributed by atoms with Gasteiger partial charge in [0.1, 0.15) is 6.04 Å². The first-order valence-corrected chi connectivity index (χ1v) is 9.80. The van der Waals surface area contributed by atoms with Crippen LogP contribution in [0.4, 0.5) is 0 Å². The Hall–Kier alpha value is -1.89. The van der Waals surface area contributed by atoms with Crippen LogP contribution in [-0.2, 0) is 9.59 Å². The van der Waals surface area contributed by atoms with Crippen molar-refractivity contribution in [2.75, 3.05) is 19.6 Å². The Morgan fingerprint density at radius 3 is 2.58 bits per heavy atom. The van der Waals surface area contributed by atoms with Crippen molar-refractivity contribution < 1.29 is 14.4 Å². The molecule has 1 atom stereocenters. The smallest absolute Gasteiger partial charge is 0.251 e. The largest absolute Gasteiger partial charge is 0.354 e. The van der Waals surface area contributed by atoms with Crippen molar-refractivity contribution in [3.8, 4) is 0 Å². The minimum Gasteiger partial charge on any atom is -0.354 e. The second-order valence-electron chi connectivity index (χ2n) is 6.79. The summed E-state index contributed by atoms with van der Waals surface area (Å²) < 4.78 is 0.855. The van der Waals surface area contributed by atoms with Gasteiger partial charge in [0, 0.05) is 36.1 Å². The first-order chi connectivity index (χ1) is 12.4. The van der Waals surface area contributed by atoms with E-state index in [0.29, 0.717) is 38.0 Å². The van der Waals surface area contributed by atoms with Crippen LogP contribution in [0.15, 0.2) is 28.7 Å². The molecular formula is C19H26BrN3O3. The Morgan fingerprint density at radius 1 is 1.23 bits per heavy atom. The summed E-state index contributed by atoms with van der Waals surface area (Å²) in [6, 6.07) is 6.77. The molecule has 1 aliphatic rings. The van der Waals surface area contributed by atoms with Gasteiger partial charge in [-0.15, -0.1) is 0 Å². The number of amides is 3. The van der Waals surface area contributed by atoms with E-state index in [1.807, 2.05) is 26.0 Å². The average molecular weight is 424 g/mol.